The van der Waals surface area contributed by atoms with Gasteiger partial charge >= 0.3 is 0 Å². The van der Waals surface area contributed by atoms with Gasteiger partial charge in [-0.15, -0.1) is 0 Å². The molecule has 0 spiro atoms. The molecule has 1 aromatic heterocycles. The number of fused-ring (bicyclic) bond motifs is 1. The summed E-state index contributed by atoms with van der Waals surface area (Å²) >= 11 is 0. The van der Waals surface area contributed by atoms with Gasteiger partial charge in [-0.1, -0.05) is 6.07 Å². The second-order valence-corrected chi connectivity index (χ2v) is 5.89. The summed E-state index contributed by atoms with van der Waals surface area (Å²) in [5.74, 6) is -0.0301. The molecular formula is C16H21N3O3. The van der Waals surface area contributed by atoms with Gasteiger partial charge in [0.15, 0.2) is 0 Å². The second kappa shape index (κ2) is 6.04. The van der Waals surface area contributed by atoms with Crippen molar-refractivity contribution in [2.45, 2.75) is 32.4 Å². The number of carbonyl (C=O) groups is 2. The number of hydrogen-bond acceptors (Lipinski definition) is 4. The van der Waals surface area contributed by atoms with Crippen LogP contribution >= 0.6 is 0 Å². The Balaban J connectivity index is 1.76. The molecule has 0 aliphatic carbocycles. The molecule has 22 heavy (non-hydrogen) atoms. The summed E-state index contributed by atoms with van der Waals surface area (Å²) < 4.78 is 5.77. The molecular weight excluding hydrogens is 282 g/mol. The van der Waals surface area contributed by atoms with E-state index >= 15 is 0 Å². The highest BCUT2D eigenvalue weighted by atomic mass is 16.5. The molecule has 1 aromatic rings. The van der Waals surface area contributed by atoms with Gasteiger partial charge in [-0.2, -0.15) is 0 Å². The van der Waals surface area contributed by atoms with Gasteiger partial charge in [0.05, 0.1) is 18.8 Å². The van der Waals surface area contributed by atoms with E-state index in [1.807, 2.05) is 24.0 Å². The molecule has 2 saturated heterocycles. The number of amides is 2. The van der Waals surface area contributed by atoms with Crippen molar-refractivity contribution in [3.8, 4) is 0 Å². The third-order valence-corrected chi connectivity index (χ3v) is 4.38. The Labute approximate surface area is 130 Å². The van der Waals surface area contributed by atoms with Gasteiger partial charge in [0.25, 0.3) is 5.91 Å². The largest absolute Gasteiger partial charge is 0.374 e. The molecule has 2 aliphatic rings. The van der Waals surface area contributed by atoms with Crippen LogP contribution in [0.4, 0.5) is 0 Å². The lowest BCUT2D eigenvalue weighted by atomic mass is 9.98. The molecule has 2 atom stereocenters. The Hall–Kier alpha value is -1.95. The lowest BCUT2D eigenvalue weighted by molar-refractivity contribution is -0.149. The molecule has 3 heterocycles. The van der Waals surface area contributed by atoms with Crippen LogP contribution in [0.2, 0.25) is 0 Å². The van der Waals surface area contributed by atoms with Crippen LogP contribution in [-0.2, 0) is 9.53 Å². The van der Waals surface area contributed by atoms with E-state index in [9.17, 15) is 9.59 Å². The Morgan fingerprint density at radius 1 is 1.32 bits per heavy atom. The maximum atomic E-state index is 12.6. The zero-order chi connectivity index (χ0) is 15.7. The number of carbonyl (C=O) groups excluding carboxylic acids is 2. The van der Waals surface area contributed by atoms with Gasteiger partial charge < -0.3 is 14.5 Å². The molecule has 0 unspecified atom stereocenters. The highest BCUT2D eigenvalue weighted by Gasteiger charge is 2.39. The Kier molecular flexibility index (Phi) is 4.11. The Morgan fingerprint density at radius 3 is 2.86 bits per heavy atom. The molecule has 6 heteroatoms. The molecule has 2 aliphatic heterocycles. The van der Waals surface area contributed by atoms with E-state index in [0.29, 0.717) is 31.9 Å². The van der Waals surface area contributed by atoms with Crippen LogP contribution in [0.25, 0.3) is 0 Å². The molecule has 6 nitrogen and oxygen atoms in total. The van der Waals surface area contributed by atoms with E-state index in [1.165, 1.54) is 0 Å². The average Bonchev–Trinajstić information content (AvgIpc) is 2.53. The fourth-order valence-electron chi connectivity index (χ4n) is 3.27. The minimum absolute atomic E-state index is 0.0344. The molecule has 0 saturated carbocycles. The number of morpholine rings is 1. The van der Waals surface area contributed by atoms with Crippen molar-refractivity contribution in [1.29, 1.82) is 0 Å². The van der Waals surface area contributed by atoms with Crippen molar-refractivity contribution < 1.29 is 14.3 Å². The van der Waals surface area contributed by atoms with Crippen LogP contribution in [0.1, 0.15) is 29.5 Å². The highest BCUT2D eigenvalue weighted by molar-refractivity contribution is 5.92. The molecule has 0 aromatic carbocycles. The predicted molar refractivity (Wildman–Crippen MR) is 80.4 cm³/mol. The Morgan fingerprint density at radius 2 is 2.14 bits per heavy atom. The summed E-state index contributed by atoms with van der Waals surface area (Å²) in [4.78, 5) is 32.3. The minimum Gasteiger partial charge on any atom is -0.374 e. The van der Waals surface area contributed by atoms with Gasteiger partial charge in [0, 0.05) is 32.3 Å². The third-order valence-electron chi connectivity index (χ3n) is 4.38. The van der Waals surface area contributed by atoms with Crippen molar-refractivity contribution >= 4 is 11.8 Å². The normalized spacial score (nSPS) is 24.8. The van der Waals surface area contributed by atoms with E-state index < -0.39 is 0 Å². The number of nitrogens with zero attached hydrogens (tertiary/aromatic N) is 3. The summed E-state index contributed by atoms with van der Waals surface area (Å²) in [6.45, 7) is 5.77. The average molecular weight is 303 g/mol. The Bertz CT molecular complexity index is 590. The molecule has 0 radical (unpaired) electrons. The lowest BCUT2D eigenvalue weighted by Crippen LogP contribution is -2.61. The van der Waals surface area contributed by atoms with E-state index in [0.717, 1.165) is 12.1 Å². The van der Waals surface area contributed by atoms with Crippen molar-refractivity contribution in [2.24, 2.45) is 0 Å². The van der Waals surface area contributed by atoms with Crippen LogP contribution in [0.3, 0.4) is 0 Å². The van der Waals surface area contributed by atoms with Gasteiger partial charge in [0.1, 0.15) is 5.69 Å². The quantitative estimate of drug-likeness (QED) is 0.772. The summed E-state index contributed by atoms with van der Waals surface area (Å²) in [6, 6.07) is 5.40. The van der Waals surface area contributed by atoms with Gasteiger partial charge in [0.2, 0.25) is 5.91 Å². The molecule has 118 valence electrons. The first kappa shape index (κ1) is 15.0. The SMILES string of the molecule is CC(=O)N1CCO[C@@H]2CCN(C(=O)c3cccc(C)n3)C[C@H]21. The summed E-state index contributed by atoms with van der Waals surface area (Å²) in [5, 5.41) is 0. The topological polar surface area (TPSA) is 62.7 Å². The van der Waals surface area contributed by atoms with Crippen molar-refractivity contribution in [2.75, 3.05) is 26.2 Å². The summed E-state index contributed by atoms with van der Waals surface area (Å²) in [7, 11) is 0. The maximum absolute atomic E-state index is 12.6. The molecule has 2 amide bonds. The molecule has 0 N–H and O–H groups in total. The number of ether oxygens (including phenoxy) is 1. The fourth-order valence-corrected chi connectivity index (χ4v) is 3.27. The van der Waals surface area contributed by atoms with E-state index in [-0.39, 0.29) is 24.0 Å². The maximum Gasteiger partial charge on any atom is 0.272 e. The minimum atomic E-state index is -0.0729. The van der Waals surface area contributed by atoms with Crippen molar-refractivity contribution in [3.63, 3.8) is 0 Å². The number of aromatic nitrogens is 1. The van der Waals surface area contributed by atoms with Gasteiger partial charge in [-0.05, 0) is 25.5 Å². The van der Waals surface area contributed by atoms with Crippen LogP contribution in [0.15, 0.2) is 18.2 Å². The van der Waals surface area contributed by atoms with Crippen LogP contribution < -0.4 is 0 Å². The second-order valence-electron chi connectivity index (χ2n) is 5.89. The summed E-state index contributed by atoms with van der Waals surface area (Å²) in [5.41, 5.74) is 1.29. The molecule has 0 bridgehead atoms. The lowest BCUT2D eigenvalue weighted by Gasteiger charge is -2.46. The highest BCUT2D eigenvalue weighted by Crippen LogP contribution is 2.24. The molecule has 2 fully saturated rings. The number of hydrogen-bond donors (Lipinski definition) is 0. The van der Waals surface area contributed by atoms with Crippen molar-refractivity contribution in [3.05, 3.63) is 29.6 Å². The van der Waals surface area contributed by atoms with Crippen LogP contribution in [-0.4, -0.2) is 65.0 Å². The molecule has 3 rings (SSSR count). The van der Waals surface area contributed by atoms with E-state index in [1.54, 1.807) is 17.9 Å². The number of pyridine rings is 1. The van der Waals surface area contributed by atoms with Gasteiger partial charge in [-0.3, -0.25) is 9.59 Å². The van der Waals surface area contributed by atoms with Crippen molar-refractivity contribution in [1.82, 2.24) is 14.8 Å². The number of likely N-dealkylation sites (tertiary alicyclic amines) is 1. The zero-order valence-corrected chi connectivity index (χ0v) is 13.0. The first-order chi connectivity index (χ1) is 10.6. The third kappa shape index (κ3) is 2.83. The smallest absolute Gasteiger partial charge is 0.272 e. The van der Waals surface area contributed by atoms with E-state index in [4.69, 9.17) is 4.74 Å². The van der Waals surface area contributed by atoms with Crippen LogP contribution in [0, 0.1) is 6.92 Å². The first-order valence-corrected chi connectivity index (χ1v) is 7.68. The number of piperidine rings is 1. The van der Waals surface area contributed by atoms with E-state index in [2.05, 4.69) is 4.98 Å². The summed E-state index contributed by atoms with van der Waals surface area (Å²) in [6.07, 6.45) is 0.790. The first-order valence-electron chi connectivity index (χ1n) is 7.68. The van der Waals surface area contributed by atoms with Crippen LogP contribution in [0.5, 0.6) is 0 Å². The number of aryl methyl sites for hydroxylation is 1. The zero-order valence-electron chi connectivity index (χ0n) is 13.0. The predicted octanol–water partition coefficient (Wildman–Crippen LogP) is 0.852. The fraction of sp³-hybridized carbons (Fsp3) is 0.562. The standard InChI is InChI=1S/C16H21N3O3/c1-11-4-3-5-13(17-11)16(21)18-7-6-15-14(10-18)19(12(2)20)8-9-22-15/h3-5,14-15H,6-10H2,1-2H3/t14-,15-/m1/s1. The van der Waals surface area contributed by atoms with Gasteiger partial charge in [-0.25, -0.2) is 4.98 Å². The monoisotopic (exact) mass is 303 g/mol. The number of rotatable bonds is 1.